The number of carbonyl (C=O) groups is 1. The number of rotatable bonds is 7. The number of carboxylic acid groups (broad SMARTS) is 1. The Kier molecular flexibility index (Phi) is 6.22. The lowest BCUT2D eigenvalue weighted by Gasteiger charge is -2.16. The number of aliphatic carboxylic acids is 1. The van der Waals surface area contributed by atoms with Crippen molar-refractivity contribution in [2.45, 2.75) is 19.4 Å². The van der Waals surface area contributed by atoms with Crippen LogP contribution in [0.4, 0.5) is 5.69 Å². The van der Waals surface area contributed by atoms with Crippen molar-refractivity contribution in [3.63, 3.8) is 0 Å². The van der Waals surface area contributed by atoms with E-state index < -0.39 is 12.0 Å². The number of anilines is 1. The average molecular weight is 274 g/mol. The molecule has 1 unspecified atom stereocenters. The predicted octanol–water partition coefficient (Wildman–Crippen LogP) is 3.35. The zero-order valence-electron chi connectivity index (χ0n) is 9.65. The van der Waals surface area contributed by atoms with E-state index in [0.717, 1.165) is 11.5 Å². The van der Waals surface area contributed by atoms with Crippen LogP contribution in [0.25, 0.3) is 0 Å². The number of nitrogens with one attached hydrogen (secondary N) is 1. The molecule has 3 nitrogen and oxygen atoms in total. The number of para-hydroxylation sites is 1. The molecule has 1 aromatic rings. The summed E-state index contributed by atoms with van der Waals surface area (Å²) in [5, 5.41) is 12.6. The molecule has 0 aliphatic heterocycles. The van der Waals surface area contributed by atoms with Crippen LogP contribution in [-0.4, -0.2) is 28.6 Å². The fraction of sp³-hybridized carbons (Fsp3) is 0.417. The van der Waals surface area contributed by atoms with E-state index >= 15 is 0 Å². The van der Waals surface area contributed by atoms with Gasteiger partial charge in [-0.25, -0.2) is 4.79 Å². The van der Waals surface area contributed by atoms with Crippen LogP contribution in [0.5, 0.6) is 0 Å². The molecule has 0 fully saturated rings. The van der Waals surface area contributed by atoms with Crippen molar-refractivity contribution >= 4 is 35.0 Å². The van der Waals surface area contributed by atoms with Gasteiger partial charge in [0, 0.05) is 0 Å². The Morgan fingerprint density at radius 3 is 2.82 bits per heavy atom. The highest BCUT2D eigenvalue weighted by Crippen LogP contribution is 2.22. The first-order valence-electron chi connectivity index (χ1n) is 5.46. The molecular weight excluding hydrogens is 258 g/mol. The Labute approximate surface area is 111 Å². The van der Waals surface area contributed by atoms with Crippen molar-refractivity contribution in [2.75, 3.05) is 16.8 Å². The Morgan fingerprint density at radius 2 is 2.24 bits per heavy atom. The first-order chi connectivity index (χ1) is 8.15. The first-order valence-corrected chi connectivity index (χ1v) is 7.00. The lowest BCUT2D eigenvalue weighted by molar-refractivity contribution is -0.137. The van der Waals surface area contributed by atoms with Crippen LogP contribution in [0.15, 0.2) is 24.3 Å². The molecule has 94 valence electrons. The molecule has 1 atom stereocenters. The van der Waals surface area contributed by atoms with Crippen LogP contribution in [0.1, 0.15) is 13.3 Å². The minimum atomic E-state index is -0.846. The standard InChI is InChI=1S/C12H16ClNO2S/c1-2-17-8-7-11(12(15)16)14-10-6-4-3-5-9(10)13/h3-6,11,14H,2,7-8H2,1H3,(H,15,16). The molecular formula is C12H16ClNO2S. The maximum absolute atomic E-state index is 11.1. The third-order valence-electron chi connectivity index (χ3n) is 2.26. The third kappa shape index (κ3) is 4.88. The van der Waals surface area contributed by atoms with Gasteiger partial charge < -0.3 is 10.4 Å². The van der Waals surface area contributed by atoms with Crippen LogP contribution in [0.3, 0.4) is 0 Å². The van der Waals surface area contributed by atoms with Gasteiger partial charge in [-0.05, 0) is 30.1 Å². The molecule has 1 aromatic carbocycles. The quantitative estimate of drug-likeness (QED) is 0.748. The Hall–Kier alpha value is -0.870. The molecule has 0 bridgehead atoms. The number of halogens is 1. The second kappa shape index (κ2) is 7.45. The van der Waals surface area contributed by atoms with E-state index in [2.05, 4.69) is 12.2 Å². The molecule has 0 saturated carbocycles. The van der Waals surface area contributed by atoms with E-state index in [1.54, 1.807) is 23.9 Å². The molecule has 17 heavy (non-hydrogen) atoms. The lowest BCUT2D eigenvalue weighted by atomic mass is 10.2. The van der Waals surface area contributed by atoms with Gasteiger partial charge >= 0.3 is 5.97 Å². The summed E-state index contributed by atoms with van der Waals surface area (Å²) in [7, 11) is 0. The highest BCUT2D eigenvalue weighted by Gasteiger charge is 2.17. The highest BCUT2D eigenvalue weighted by molar-refractivity contribution is 7.99. The topological polar surface area (TPSA) is 49.3 Å². The van der Waals surface area contributed by atoms with Gasteiger partial charge in [0.2, 0.25) is 0 Å². The minimum absolute atomic E-state index is 0.543. The molecule has 5 heteroatoms. The molecule has 0 saturated heterocycles. The van der Waals surface area contributed by atoms with Gasteiger partial charge in [-0.1, -0.05) is 30.7 Å². The minimum Gasteiger partial charge on any atom is -0.480 e. The van der Waals surface area contributed by atoms with Crippen LogP contribution in [0, 0.1) is 0 Å². The summed E-state index contributed by atoms with van der Waals surface area (Å²) in [5.74, 6) is 0.977. The molecule has 0 aliphatic carbocycles. The zero-order chi connectivity index (χ0) is 12.7. The van der Waals surface area contributed by atoms with Crippen LogP contribution in [0.2, 0.25) is 5.02 Å². The summed E-state index contributed by atoms with van der Waals surface area (Å²) < 4.78 is 0. The lowest BCUT2D eigenvalue weighted by Crippen LogP contribution is -2.30. The monoisotopic (exact) mass is 273 g/mol. The van der Waals surface area contributed by atoms with Gasteiger partial charge in [0.05, 0.1) is 10.7 Å². The van der Waals surface area contributed by atoms with Crippen molar-refractivity contribution in [1.29, 1.82) is 0 Å². The van der Waals surface area contributed by atoms with Crippen molar-refractivity contribution in [3.05, 3.63) is 29.3 Å². The van der Waals surface area contributed by atoms with E-state index in [4.69, 9.17) is 16.7 Å². The summed E-state index contributed by atoms with van der Waals surface area (Å²) in [4.78, 5) is 11.1. The van der Waals surface area contributed by atoms with Gasteiger partial charge in [-0.3, -0.25) is 0 Å². The predicted molar refractivity (Wildman–Crippen MR) is 74.1 cm³/mol. The molecule has 1 rings (SSSR count). The maximum atomic E-state index is 11.1. The van der Waals surface area contributed by atoms with Crippen molar-refractivity contribution in [3.8, 4) is 0 Å². The second-order valence-corrected chi connectivity index (χ2v) is 5.30. The highest BCUT2D eigenvalue weighted by atomic mass is 35.5. The largest absolute Gasteiger partial charge is 0.480 e. The first kappa shape index (κ1) is 14.2. The maximum Gasteiger partial charge on any atom is 0.326 e. The molecule has 2 N–H and O–H groups in total. The normalized spacial score (nSPS) is 12.1. The summed E-state index contributed by atoms with van der Waals surface area (Å²) in [6, 6.07) is 6.58. The smallest absolute Gasteiger partial charge is 0.326 e. The van der Waals surface area contributed by atoms with E-state index in [-0.39, 0.29) is 0 Å². The second-order valence-electron chi connectivity index (χ2n) is 3.50. The van der Waals surface area contributed by atoms with Gasteiger partial charge in [-0.15, -0.1) is 0 Å². The molecule has 0 radical (unpaired) electrons. The number of benzene rings is 1. The fourth-order valence-corrected chi connectivity index (χ4v) is 2.25. The average Bonchev–Trinajstić information content (AvgIpc) is 2.30. The van der Waals surface area contributed by atoms with Crippen molar-refractivity contribution < 1.29 is 9.90 Å². The Balaban J connectivity index is 2.61. The molecule has 0 heterocycles. The number of carboxylic acids is 1. The molecule has 0 aliphatic rings. The van der Waals surface area contributed by atoms with Gasteiger partial charge in [0.15, 0.2) is 0 Å². The number of hydrogen-bond donors (Lipinski definition) is 2. The van der Waals surface area contributed by atoms with Gasteiger partial charge in [0.1, 0.15) is 6.04 Å². The van der Waals surface area contributed by atoms with Crippen LogP contribution in [-0.2, 0) is 4.79 Å². The van der Waals surface area contributed by atoms with Gasteiger partial charge in [-0.2, -0.15) is 11.8 Å². The fourth-order valence-electron chi connectivity index (χ4n) is 1.37. The Bertz CT molecular complexity index is 373. The SMILES string of the molecule is CCSCCC(Nc1ccccc1Cl)C(=O)O. The van der Waals surface area contributed by atoms with E-state index in [1.807, 2.05) is 12.1 Å². The van der Waals surface area contributed by atoms with E-state index in [1.165, 1.54) is 0 Å². The molecule has 0 amide bonds. The van der Waals surface area contributed by atoms with Crippen LogP contribution >= 0.6 is 23.4 Å². The summed E-state index contributed by atoms with van der Waals surface area (Å²) in [6.07, 6.45) is 0.582. The zero-order valence-corrected chi connectivity index (χ0v) is 11.2. The molecule has 0 spiro atoms. The summed E-state index contributed by atoms with van der Waals surface area (Å²) in [5.41, 5.74) is 0.670. The Morgan fingerprint density at radius 1 is 1.53 bits per heavy atom. The summed E-state index contributed by atoms with van der Waals surface area (Å²) in [6.45, 7) is 2.06. The third-order valence-corrected chi connectivity index (χ3v) is 3.52. The summed E-state index contributed by atoms with van der Waals surface area (Å²) >= 11 is 7.71. The van der Waals surface area contributed by atoms with Crippen molar-refractivity contribution in [2.24, 2.45) is 0 Å². The molecule has 0 aromatic heterocycles. The van der Waals surface area contributed by atoms with Gasteiger partial charge in [0.25, 0.3) is 0 Å². The number of hydrogen-bond acceptors (Lipinski definition) is 3. The number of thioether (sulfide) groups is 1. The van der Waals surface area contributed by atoms with Crippen molar-refractivity contribution in [1.82, 2.24) is 0 Å². The van der Waals surface area contributed by atoms with Crippen LogP contribution < -0.4 is 5.32 Å². The van der Waals surface area contributed by atoms with E-state index in [9.17, 15) is 4.79 Å². The van der Waals surface area contributed by atoms with E-state index in [0.29, 0.717) is 17.1 Å².